The Morgan fingerprint density at radius 3 is 2.17 bits per heavy atom. The standard InChI is InChI=1S/C21H22N2/c1-15(2)18-10-6-7-11-19(18)20-14-17(12-13-21(20)22)23-16-8-4-3-5-9-16/h3-15,23H,22H2,1-2H3. The lowest BCUT2D eigenvalue weighted by Crippen LogP contribution is -1.97. The van der Waals surface area contributed by atoms with E-state index in [0.717, 1.165) is 22.6 Å². The van der Waals surface area contributed by atoms with E-state index in [2.05, 4.69) is 61.6 Å². The molecule has 0 unspecified atom stereocenters. The van der Waals surface area contributed by atoms with Crippen molar-refractivity contribution >= 4 is 17.1 Å². The van der Waals surface area contributed by atoms with Crippen LogP contribution in [0.25, 0.3) is 11.1 Å². The molecule has 0 fully saturated rings. The summed E-state index contributed by atoms with van der Waals surface area (Å²) in [6.07, 6.45) is 0. The Balaban J connectivity index is 2.02. The van der Waals surface area contributed by atoms with Gasteiger partial charge in [-0.1, -0.05) is 56.3 Å². The van der Waals surface area contributed by atoms with E-state index < -0.39 is 0 Å². The molecule has 3 N–H and O–H groups in total. The minimum absolute atomic E-state index is 0.455. The summed E-state index contributed by atoms with van der Waals surface area (Å²) >= 11 is 0. The number of rotatable bonds is 4. The van der Waals surface area contributed by atoms with Gasteiger partial charge in [0.25, 0.3) is 0 Å². The van der Waals surface area contributed by atoms with Crippen LogP contribution in [0.1, 0.15) is 25.3 Å². The van der Waals surface area contributed by atoms with Gasteiger partial charge in [-0.05, 0) is 47.4 Å². The van der Waals surface area contributed by atoms with E-state index in [1.165, 1.54) is 11.1 Å². The molecule has 3 rings (SSSR count). The van der Waals surface area contributed by atoms with Crippen molar-refractivity contribution in [3.05, 3.63) is 78.4 Å². The third kappa shape index (κ3) is 3.37. The SMILES string of the molecule is CC(C)c1ccccc1-c1cc(Nc2ccccc2)ccc1N. The van der Waals surface area contributed by atoms with Gasteiger partial charge >= 0.3 is 0 Å². The highest BCUT2D eigenvalue weighted by Crippen LogP contribution is 2.35. The van der Waals surface area contributed by atoms with E-state index in [4.69, 9.17) is 5.73 Å². The maximum Gasteiger partial charge on any atom is 0.0395 e. The van der Waals surface area contributed by atoms with Crippen LogP contribution >= 0.6 is 0 Å². The molecular weight excluding hydrogens is 280 g/mol. The van der Waals surface area contributed by atoms with Gasteiger partial charge in [0.2, 0.25) is 0 Å². The van der Waals surface area contributed by atoms with Gasteiger partial charge in [0.05, 0.1) is 0 Å². The molecule has 0 atom stereocenters. The van der Waals surface area contributed by atoms with Gasteiger partial charge in [-0.3, -0.25) is 0 Å². The van der Waals surface area contributed by atoms with Crippen LogP contribution in [0.5, 0.6) is 0 Å². The summed E-state index contributed by atoms with van der Waals surface area (Å²) in [4.78, 5) is 0. The molecule has 116 valence electrons. The summed E-state index contributed by atoms with van der Waals surface area (Å²) < 4.78 is 0. The Hall–Kier alpha value is -2.74. The van der Waals surface area contributed by atoms with E-state index in [1.807, 2.05) is 30.3 Å². The van der Waals surface area contributed by atoms with Crippen molar-refractivity contribution in [1.29, 1.82) is 0 Å². The number of nitrogen functional groups attached to an aromatic ring is 1. The van der Waals surface area contributed by atoms with Crippen molar-refractivity contribution in [3.63, 3.8) is 0 Å². The monoisotopic (exact) mass is 302 g/mol. The van der Waals surface area contributed by atoms with Crippen molar-refractivity contribution < 1.29 is 0 Å². The maximum atomic E-state index is 6.26. The lowest BCUT2D eigenvalue weighted by Gasteiger charge is -2.16. The summed E-state index contributed by atoms with van der Waals surface area (Å²) in [5.74, 6) is 0.455. The molecule has 0 heterocycles. The van der Waals surface area contributed by atoms with Gasteiger partial charge in [0.15, 0.2) is 0 Å². The molecule has 0 amide bonds. The fraction of sp³-hybridized carbons (Fsp3) is 0.143. The molecule has 3 aromatic rings. The summed E-state index contributed by atoms with van der Waals surface area (Å²) in [6, 6.07) is 24.8. The number of benzene rings is 3. The quantitative estimate of drug-likeness (QED) is 0.597. The van der Waals surface area contributed by atoms with Crippen LogP contribution in [0.4, 0.5) is 17.1 Å². The van der Waals surface area contributed by atoms with Crippen LogP contribution < -0.4 is 11.1 Å². The molecule has 0 saturated carbocycles. The minimum atomic E-state index is 0.455. The number of hydrogen-bond donors (Lipinski definition) is 2. The van der Waals surface area contributed by atoms with E-state index in [1.54, 1.807) is 0 Å². The van der Waals surface area contributed by atoms with Crippen molar-refractivity contribution in [2.45, 2.75) is 19.8 Å². The zero-order chi connectivity index (χ0) is 16.2. The third-order valence-corrected chi connectivity index (χ3v) is 3.99. The number of para-hydroxylation sites is 1. The van der Waals surface area contributed by atoms with Gasteiger partial charge < -0.3 is 11.1 Å². The Morgan fingerprint density at radius 2 is 1.43 bits per heavy atom. The first-order valence-electron chi connectivity index (χ1n) is 7.96. The molecule has 0 bridgehead atoms. The second kappa shape index (κ2) is 6.57. The van der Waals surface area contributed by atoms with Crippen LogP contribution in [0.15, 0.2) is 72.8 Å². The molecule has 3 aromatic carbocycles. The first-order valence-corrected chi connectivity index (χ1v) is 7.96. The fourth-order valence-electron chi connectivity index (χ4n) is 2.80. The normalized spacial score (nSPS) is 10.7. The minimum Gasteiger partial charge on any atom is -0.398 e. The average molecular weight is 302 g/mol. The van der Waals surface area contributed by atoms with Gasteiger partial charge in [-0.25, -0.2) is 0 Å². The summed E-state index contributed by atoms with van der Waals surface area (Å²) in [5.41, 5.74) is 12.8. The highest BCUT2D eigenvalue weighted by atomic mass is 14.9. The van der Waals surface area contributed by atoms with Crippen LogP contribution in [0.2, 0.25) is 0 Å². The van der Waals surface area contributed by atoms with E-state index in [-0.39, 0.29) is 0 Å². The number of nitrogens with one attached hydrogen (secondary N) is 1. The van der Waals surface area contributed by atoms with Crippen molar-refractivity contribution in [2.75, 3.05) is 11.1 Å². The zero-order valence-corrected chi connectivity index (χ0v) is 13.6. The van der Waals surface area contributed by atoms with Gasteiger partial charge in [0, 0.05) is 22.6 Å². The molecule has 0 aliphatic heterocycles. The predicted octanol–water partition coefficient (Wildman–Crippen LogP) is 5.80. The highest BCUT2D eigenvalue weighted by Gasteiger charge is 2.11. The topological polar surface area (TPSA) is 38.0 Å². The summed E-state index contributed by atoms with van der Waals surface area (Å²) in [5, 5.41) is 3.43. The number of hydrogen-bond acceptors (Lipinski definition) is 2. The highest BCUT2D eigenvalue weighted by molar-refractivity contribution is 5.82. The van der Waals surface area contributed by atoms with Gasteiger partial charge in [-0.2, -0.15) is 0 Å². The van der Waals surface area contributed by atoms with E-state index in [9.17, 15) is 0 Å². The van der Waals surface area contributed by atoms with Crippen molar-refractivity contribution in [1.82, 2.24) is 0 Å². The van der Waals surface area contributed by atoms with Crippen LogP contribution in [-0.2, 0) is 0 Å². The fourth-order valence-corrected chi connectivity index (χ4v) is 2.80. The molecular formula is C21H22N2. The first-order chi connectivity index (χ1) is 11.1. The Kier molecular flexibility index (Phi) is 4.33. The van der Waals surface area contributed by atoms with Gasteiger partial charge in [0.1, 0.15) is 0 Å². The number of anilines is 3. The molecule has 0 saturated heterocycles. The molecule has 0 spiro atoms. The lowest BCUT2D eigenvalue weighted by atomic mass is 9.91. The zero-order valence-electron chi connectivity index (χ0n) is 13.6. The maximum absolute atomic E-state index is 6.26. The van der Waals surface area contributed by atoms with Crippen molar-refractivity contribution in [2.24, 2.45) is 0 Å². The Bertz CT molecular complexity index is 792. The van der Waals surface area contributed by atoms with Crippen LogP contribution in [0.3, 0.4) is 0 Å². The molecule has 0 aromatic heterocycles. The van der Waals surface area contributed by atoms with Crippen molar-refractivity contribution in [3.8, 4) is 11.1 Å². The summed E-state index contributed by atoms with van der Waals surface area (Å²) in [7, 11) is 0. The van der Waals surface area contributed by atoms with Gasteiger partial charge in [-0.15, -0.1) is 0 Å². The summed E-state index contributed by atoms with van der Waals surface area (Å²) in [6.45, 7) is 4.42. The smallest absolute Gasteiger partial charge is 0.0395 e. The Morgan fingerprint density at radius 1 is 0.739 bits per heavy atom. The first kappa shape index (κ1) is 15.2. The Labute approximate surface area is 138 Å². The second-order valence-electron chi connectivity index (χ2n) is 6.04. The third-order valence-electron chi connectivity index (χ3n) is 3.99. The second-order valence-corrected chi connectivity index (χ2v) is 6.04. The van der Waals surface area contributed by atoms with Crippen LogP contribution in [0, 0.1) is 0 Å². The molecule has 0 aliphatic rings. The van der Waals surface area contributed by atoms with E-state index in [0.29, 0.717) is 5.92 Å². The van der Waals surface area contributed by atoms with E-state index >= 15 is 0 Å². The van der Waals surface area contributed by atoms with Crippen LogP contribution in [-0.4, -0.2) is 0 Å². The molecule has 23 heavy (non-hydrogen) atoms. The predicted molar refractivity (Wildman–Crippen MR) is 100 cm³/mol. The molecule has 2 nitrogen and oxygen atoms in total. The lowest BCUT2D eigenvalue weighted by molar-refractivity contribution is 0.869. The molecule has 0 aliphatic carbocycles. The molecule has 0 radical (unpaired) electrons. The molecule has 2 heteroatoms. The largest absolute Gasteiger partial charge is 0.398 e. The average Bonchev–Trinajstić information content (AvgIpc) is 2.57. The number of nitrogens with two attached hydrogens (primary N) is 1.